The Hall–Kier alpha value is -1.59. The maximum Gasteiger partial charge on any atom is 0.323 e. The summed E-state index contributed by atoms with van der Waals surface area (Å²) in [6.45, 7) is 3.45. The highest BCUT2D eigenvalue weighted by molar-refractivity contribution is 5.83. The fraction of sp³-hybridized carbons (Fsp3) is 0.850. The zero-order chi connectivity index (χ0) is 19.1. The lowest BCUT2D eigenvalue weighted by Gasteiger charge is -2.34. The molecule has 2 fully saturated rings. The third-order valence-electron chi connectivity index (χ3n) is 5.85. The summed E-state index contributed by atoms with van der Waals surface area (Å²) in [5.74, 6) is -0.466. The molecule has 0 atom stereocenters. The molecular weight excluding hydrogens is 332 g/mol. The number of hydrogen-bond acceptors (Lipinski definition) is 3. The van der Waals surface area contributed by atoms with Crippen LogP contribution in [0.15, 0.2) is 0 Å². The Bertz CT molecular complexity index is 492. The van der Waals surface area contributed by atoms with Crippen LogP contribution in [-0.4, -0.2) is 46.4 Å². The van der Waals surface area contributed by atoms with Crippen LogP contribution >= 0.6 is 0 Å². The van der Waals surface area contributed by atoms with Gasteiger partial charge >= 0.3 is 5.97 Å². The minimum absolute atomic E-state index is 0.0608. The minimum atomic E-state index is -0.976. The highest BCUT2D eigenvalue weighted by atomic mass is 16.4. The SMILES string of the molecule is CC(C)N(CC(=O)O)C(=O)C1CCC(NC(=O)CC2CCCCC2)CC1. The van der Waals surface area contributed by atoms with Crippen molar-refractivity contribution in [3.05, 3.63) is 0 Å². The number of carboxylic acid groups (broad SMARTS) is 1. The van der Waals surface area contributed by atoms with E-state index in [0.29, 0.717) is 12.3 Å². The molecule has 2 saturated carbocycles. The van der Waals surface area contributed by atoms with Gasteiger partial charge in [0.1, 0.15) is 6.54 Å². The summed E-state index contributed by atoms with van der Waals surface area (Å²) in [6.07, 6.45) is 9.79. The van der Waals surface area contributed by atoms with Gasteiger partial charge in [-0.1, -0.05) is 19.3 Å². The average Bonchev–Trinajstić information content (AvgIpc) is 2.60. The number of carboxylic acids is 1. The molecule has 6 heteroatoms. The van der Waals surface area contributed by atoms with Crippen molar-refractivity contribution in [1.29, 1.82) is 0 Å². The molecule has 0 spiro atoms. The molecule has 2 aliphatic rings. The van der Waals surface area contributed by atoms with Gasteiger partial charge in [0.25, 0.3) is 0 Å². The molecule has 0 unspecified atom stereocenters. The average molecular weight is 367 g/mol. The Morgan fingerprint density at radius 2 is 1.62 bits per heavy atom. The van der Waals surface area contributed by atoms with Gasteiger partial charge < -0.3 is 15.3 Å². The van der Waals surface area contributed by atoms with E-state index in [1.54, 1.807) is 0 Å². The molecule has 0 aromatic rings. The normalized spacial score (nSPS) is 24.3. The van der Waals surface area contributed by atoms with E-state index in [9.17, 15) is 14.4 Å². The molecular formula is C20H34N2O4. The van der Waals surface area contributed by atoms with E-state index in [1.807, 2.05) is 13.8 Å². The van der Waals surface area contributed by atoms with Crippen LogP contribution in [-0.2, 0) is 14.4 Å². The van der Waals surface area contributed by atoms with Crippen molar-refractivity contribution >= 4 is 17.8 Å². The summed E-state index contributed by atoms with van der Waals surface area (Å²) in [5, 5.41) is 12.2. The maximum absolute atomic E-state index is 12.6. The molecule has 0 radical (unpaired) electrons. The standard InChI is InChI=1S/C20H34N2O4/c1-14(2)22(13-19(24)25)20(26)16-8-10-17(11-9-16)21-18(23)12-15-6-4-3-5-7-15/h14-17H,3-13H2,1-2H3,(H,21,23)(H,24,25). The number of hydrogen-bond donors (Lipinski definition) is 2. The van der Waals surface area contributed by atoms with Crippen LogP contribution < -0.4 is 5.32 Å². The Balaban J connectivity index is 1.75. The quantitative estimate of drug-likeness (QED) is 0.725. The number of amides is 2. The van der Waals surface area contributed by atoms with Gasteiger partial charge in [-0.3, -0.25) is 14.4 Å². The predicted octanol–water partition coefficient (Wildman–Crippen LogP) is 2.95. The summed E-state index contributed by atoms with van der Waals surface area (Å²) in [4.78, 5) is 37.4. The Kier molecular flexibility index (Phi) is 7.91. The molecule has 0 aliphatic heterocycles. The van der Waals surface area contributed by atoms with Crippen LogP contribution in [0.2, 0.25) is 0 Å². The Labute approximate surface area is 156 Å². The van der Waals surface area contributed by atoms with Gasteiger partial charge in [-0.15, -0.1) is 0 Å². The van der Waals surface area contributed by atoms with Crippen molar-refractivity contribution in [3.8, 4) is 0 Å². The van der Waals surface area contributed by atoms with E-state index in [4.69, 9.17) is 5.11 Å². The van der Waals surface area contributed by atoms with Gasteiger partial charge in [0.05, 0.1) is 0 Å². The lowest BCUT2D eigenvalue weighted by molar-refractivity contribution is -0.148. The first kappa shape index (κ1) is 20.7. The van der Waals surface area contributed by atoms with Crippen LogP contribution in [0.4, 0.5) is 0 Å². The molecule has 148 valence electrons. The summed E-state index contributed by atoms with van der Waals surface area (Å²) < 4.78 is 0. The summed E-state index contributed by atoms with van der Waals surface area (Å²) in [5.41, 5.74) is 0. The second kappa shape index (κ2) is 9.93. The Morgan fingerprint density at radius 3 is 2.15 bits per heavy atom. The maximum atomic E-state index is 12.6. The zero-order valence-electron chi connectivity index (χ0n) is 16.2. The number of nitrogens with zero attached hydrogens (tertiary/aromatic N) is 1. The van der Waals surface area contributed by atoms with Gasteiger partial charge in [0.2, 0.25) is 11.8 Å². The van der Waals surface area contributed by atoms with Crippen molar-refractivity contribution in [2.45, 2.75) is 90.1 Å². The van der Waals surface area contributed by atoms with Crippen molar-refractivity contribution in [2.75, 3.05) is 6.54 Å². The first-order valence-electron chi connectivity index (χ1n) is 10.2. The van der Waals surface area contributed by atoms with Crippen LogP contribution in [0.1, 0.15) is 78.1 Å². The molecule has 0 aromatic heterocycles. The van der Waals surface area contributed by atoms with E-state index >= 15 is 0 Å². The molecule has 6 nitrogen and oxygen atoms in total. The monoisotopic (exact) mass is 366 g/mol. The highest BCUT2D eigenvalue weighted by Gasteiger charge is 2.32. The summed E-state index contributed by atoms with van der Waals surface area (Å²) in [6, 6.07) is 0.0358. The van der Waals surface area contributed by atoms with Gasteiger partial charge in [-0.2, -0.15) is 0 Å². The van der Waals surface area contributed by atoms with E-state index in [0.717, 1.165) is 25.7 Å². The van der Waals surface area contributed by atoms with Gasteiger partial charge in [0, 0.05) is 24.4 Å². The molecule has 2 aliphatic carbocycles. The second-order valence-corrected chi connectivity index (χ2v) is 8.28. The highest BCUT2D eigenvalue weighted by Crippen LogP contribution is 2.28. The minimum Gasteiger partial charge on any atom is -0.480 e. The van der Waals surface area contributed by atoms with Crippen LogP contribution in [0.3, 0.4) is 0 Å². The van der Waals surface area contributed by atoms with E-state index < -0.39 is 5.97 Å². The van der Waals surface area contributed by atoms with E-state index in [2.05, 4.69) is 5.32 Å². The van der Waals surface area contributed by atoms with E-state index in [1.165, 1.54) is 37.0 Å². The smallest absolute Gasteiger partial charge is 0.323 e. The predicted molar refractivity (Wildman–Crippen MR) is 99.6 cm³/mol. The fourth-order valence-electron chi connectivity index (χ4n) is 4.32. The molecule has 2 amide bonds. The number of nitrogens with one attached hydrogen (secondary N) is 1. The number of rotatable bonds is 7. The topological polar surface area (TPSA) is 86.7 Å². The second-order valence-electron chi connectivity index (χ2n) is 8.28. The van der Waals surface area contributed by atoms with Gasteiger partial charge in [-0.05, 0) is 58.3 Å². The van der Waals surface area contributed by atoms with Crippen LogP contribution in [0.5, 0.6) is 0 Å². The molecule has 0 heterocycles. The van der Waals surface area contributed by atoms with Crippen LogP contribution in [0, 0.1) is 11.8 Å². The molecule has 0 saturated heterocycles. The summed E-state index contributed by atoms with van der Waals surface area (Å²) >= 11 is 0. The van der Waals surface area contributed by atoms with Crippen LogP contribution in [0.25, 0.3) is 0 Å². The Morgan fingerprint density at radius 1 is 1.00 bits per heavy atom. The lowest BCUT2D eigenvalue weighted by atomic mass is 9.84. The van der Waals surface area contributed by atoms with Crippen molar-refractivity contribution in [2.24, 2.45) is 11.8 Å². The van der Waals surface area contributed by atoms with Crippen molar-refractivity contribution in [3.63, 3.8) is 0 Å². The lowest BCUT2D eigenvalue weighted by Crippen LogP contribution is -2.46. The van der Waals surface area contributed by atoms with Crippen molar-refractivity contribution in [1.82, 2.24) is 10.2 Å². The number of carbonyl (C=O) groups excluding carboxylic acids is 2. The first-order chi connectivity index (χ1) is 12.4. The fourth-order valence-corrected chi connectivity index (χ4v) is 4.32. The molecule has 0 bridgehead atoms. The molecule has 2 N–H and O–H groups in total. The van der Waals surface area contributed by atoms with Gasteiger partial charge in [0.15, 0.2) is 0 Å². The zero-order valence-corrected chi connectivity index (χ0v) is 16.2. The third-order valence-corrected chi connectivity index (χ3v) is 5.85. The largest absolute Gasteiger partial charge is 0.480 e. The van der Waals surface area contributed by atoms with Gasteiger partial charge in [-0.25, -0.2) is 0 Å². The first-order valence-corrected chi connectivity index (χ1v) is 10.2. The van der Waals surface area contributed by atoms with Crippen molar-refractivity contribution < 1.29 is 19.5 Å². The summed E-state index contributed by atoms with van der Waals surface area (Å²) in [7, 11) is 0. The molecule has 26 heavy (non-hydrogen) atoms. The number of aliphatic carboxylic acids is 1. The number of carbonyl (C=O) groups is 3. The molecule has 0 aromatic carbocycles. The van der Waals surface area contributed by atoms with E-state index in [-0.39, 0.29) is 36.4 Å². The molecule has 2 rings (SSSR count). The third kappa shape index (κ3) is 6.29.